The van der Waals surface area contributed by atoms with E-state index in [0.29, 0.717) is 32.2 Å². The zero-order valence-electron chi connectivity index (χ0n) is 17.3. The van der Waals surface area contributed by atoms with Gasteiger partial charge in [0.05, 0.1) is 6.54 Å². The van der Waals surface area contributed by atoms with E-state index in [2.05, 4.69) is 5.32 Å². The summed E-state index contributed by atoms with van der Waals surface area (Å²) < 4.78 is 7.13. The molecule has 0 atom stereocenters. The van der Waals surface area contributed by atoms with E-state index in [1.807, 2.05) is 55.6 Å². The molecule has 0 radical (unpaired) electrons. The van der Waals surface area contributed by atoms with Crippen molar-refractivity contribution in [3.05, 3.63) is 24.0 Å². The van der Waals surface area contributed by atoms with Gasteiger partial charge in [-0.05, 0) is 52.2 Å². The standard InChI is InChI=1S/C20H34N4O3/c1-20(2,3)21-19(26)23(12-7-13-27-5)15-18(25)24(16-9-10-16)14-17-8-6-11-22(17)4/h6,8,11,16H,7,9-10,12-15H2,1-5H3,(H,21,26). The number of aromatic nitrogens is 1. The molecule has 1 aliphatic rings. The maximum atomic E-state index is 13.0. The summed E-state index contributed by atoms with van der Waals surface area (Å²) in [4.78, 5) is 29.2. The van der Waals surface area contributed by atoms with Crippen molar-refractivity contribution in [1.29, 1.82) is 0 Å². The van der Waals surface area contributed by atoms with E-state index in [9.17, 15) is 9.59 Å². The van der Waals surface area contributed by atoms with Gasteiger partial charge in [-0.2, -0.15) is 0 Å². The molecule has 0 spiro atoms. The van der Waals surface area contributed by atoms with Crippen LogP contribution in [0.25, 0.3) is 0 Å². The van der Waals surface area contributed by atoms with Crippen molar-refractivity contribution in [3.8, 4) is 0 Å². The van der Waals surface area contributed by atoms with Gasteiger partial charge >= 0.3 is 6.03 Å². The summed E-state index contributed by atoms with van der Waals surface area (Å²) in [5.74, 6) is 0.000163. The zero-order valence-corrected chi connectivity index (χ0v) is 17.3. The van der Waals surface area contributed by atoms with Gasteiger partial charge in [-0.25, -0.2) is 4.79 Å². The highest BCUT2D eigenvalue weighted by molar-refractivity contribution is 5.84. The average Bonchev–Trinajstić information content (AvgIpc) is 3.33. The second kappa shape index (κ2) is 9.26. The molecule has 0 unspecified atom stereocenters. The molecule has 1 aromatic heterocycles. The Morgan fingerprint density at radius 3 is 2.56 bits per heavy atom. The monoisotopic (exact) mass is 378 g/mol. The van der Waals surface area contributed by atoms with Crippen molar-refractivity contribution in [2.75, 3.05) is 26.8 Å². The molecule has 1 fully saturated rings. The third kappa shape index (κ3) is 6.90. The lowest BCUT2D eigenvalue weighted by Crippen LogP contribution is -2.52. The summed E-state index contributed by atoms with van der Waals surface area (Å²) in [7, 11) is 3.62. The molecule has 3 amide bonds. The number of hydrogen-bond acceptors (Lipinski definition) is 3. The molecular formula is C20H34N4O3. The summed E-state index contributed by atoms with van der Waals surface area (Å²) in [5.41, 5.74) is 0.749. The number of ether oxygens (including phenoxy) is 1. The average molecular weight is 379 g/mol. The molecular weight excluding hydrogens is 344 g/mol. The third-order valence-electron chi connectivity index (χ3n) is 4.56. The first-order valence-corrected chi connectivity index (χ1v) is 9.67. The van der Waals surface area contributed by atoms with E-state index >= 15 is 0 Å². The highest BCUT2D eigenvalue weighted by Gasteiger charge is 2.34. The van der Waals surface area contributed by atoms with Gasteiger partial charge in [0.1, 0.15) is 6.54 Å². The normalized spacial score (nSPS) is 14.1. The van der Waals surface area contributed by atoms with Crippen LogP contribution in [0, 0.1) is 0 Å². The van der Waals surface area contributed by atoms with Gasteiger partial charge in [0, 0.05) is 50.8 Å². The van der Waals surface area contributed by atoms with Crippen molar-refractivity contribution in [3.63, 3.8) is 0 Å². The molecule has 0 aromatic carbocycles. The van der Waals surface area contributed by atoms with E-state index in [-0.39, 0.29) is 24.0 Å². The molecule has 0 bridgehead atoms. The van der Waals surface area contributed by atoms with Gasteiger partial charge in [0.15, 0.2) is 0 Å². The zero-order chi connectivity index (χ0) is 20.0. The fraction of sp³-hybridized carbons (Fsp3) is 0.700. The SMILES string of the molecule is COCCCN(CC(=O)N(Cc1cccn1C)C1CC1)C(=O)NC(C)(C)C. The number of nitrogens with zero attached hydrogens (tertiary/aromatic N) is 3. The first kappa shape index (κ1) is 21.3. The lowest BCUT2D eigenvalue weighted by molar-refractivity contribution is -0.133. The minimum atomic E-state index is -0.348. The number of rotatable bonds is 9. The van der Waals surface area contributed by atoms with Crippen molar-refractivity contribution in [2.24, 2.45) is 7.05 Å². The number of hydrogen-bond donors (Lipinski definition) is 1. The molecule has 0 saturated heterocycles. The van der Waals surface area contributed by atoms with E-state index in [1.54, 1.807) is 12.0 Å². The molecule has 2 rings (SSSR count). The second-order valence-electron chi connectivity index (χ2n) is 8.31. The van der Waals surface area contributed by atoms with Gasteiger partial charge in [-0.3, -0.25) is 4.79 Å². The van der Waals surface area contributed by atoms with Gasteiger partial charge in [0.2, 0.25) is 5.91 Å². The Labute approximate surface area is 162 Å². The topological polar surface area (TPSA) is 66.8 Å². The van der Waals surface area contributed by atoms with Gasteiger partial charge < -0.3 is 24.4 Å². The molecule has 7 heteroatoms. The summed E-state index contributed by atoms with van der Waals surface area (Å²) >= 11 is 0. The van der Waals surface area contributed by atoms with E-state index < -0.39 is 0 Å². The Morgan fingerprint density at radius 2 is 2.04 bits per heavy atom. The maximum absolute atomic E-state index is 13.0. The molecule has 7 nitrogen and oxygen atoms in total. The Kier molecular flexibility index (Phi) is 7.30. The second-order valence-corrected chi connectivity index (χ2v) is 8.31. The highest BCUT2D eigenvalue weighted by atomic mass is 16.5. The molecule has 1 saturated carbocycles. The Hall–Kier alpha value is -2.02. The number of urea groups is 1. The molecule has 27 heavy (non-hydrogen) atoms. The maximum Gasteiger partial charge on any atom is 0.318 e. The van der Waals surface area contributed by atoms with Crippen LogP contribution in [0.1, 0.15) is 45.7 Å². The van der Waals surface area contributed by atoms with Crippen LogP contribution < -0.4 is 5.32 Å². The first-order valence-electron chi connectivity index (χ1n) is 9.67. The largest absolute Gasteiger partial charge is 0.385 e. The highest BCUT2D eigenvalue weighted by Crippen LogP contribution is 2.28. The Bertz CT molecular complexity index is 631. The van der Waals surface area contributed by atoms with Crippen LogP contribution in [0.3, 0.4) is 0 Å². The number of methoxy groups -OCH3 is 1. The van der Waals surface area contributed by atoms with Crippen LogP contribution in [0.5, 0.6) is 0 Å². The fourth-order valence-corrected chi connectivity index (χ4v) is 2.95. The summed E-state index contributed by atoms with van der Waals surface area (Å²) in [6.45, 7) is 7.53. The van der Waals surface area contributed by atoms with Crippen LogP contribution >= 0.6 is 0 Å². The predicted molar refractivity (Wildman–Crippen MR) is 105 cm³/mol. The van der Waals surface area contributed by atoms with Crippen LogP contribution in [0.15, 0.2) is 18.3 Å². The lowest BCUT2D eigenvalue weighted by atomic mass is 10.1. The lowest BCUT2D eigenvalue weighted by Gasteiger charge is -2.30. The van der Waals surface area contributed by atoms with E-state index in [0.717, 1.165) is 18.5 Å². The third-order valence-corrected chi connectivity index (χ3v) is 4.56. The summed E-state index contributed by atoms with van der Waals surface area (Å²) in [6, 6.07) is 4.10. The minimum absolute atomic E-state index is 0.000163. The number of aryl methyl sites for hydroxylation is 1. The minimum Gasteiger partial charge on any atom is -0.385 e. The fourth-order valence-electron chi connectivity index (χ4n) is 2.95. The van der Waals surface area contributed by atoms with Gasteiger partial charge in [-0.15, -0.1) is 0 Å². The molecule has 1 N–H and O–H groups in total. The van der Waals surface area contributed by atoms with Crippen molar-refractivity contribution in [1.82, 2.24) is 19.7 Å². The molecule has 0 aliphatic heterocycles. The van der Waals surface area contributed by atoms with Crippen molar-refractivity contribution >= 4 is 11.9 Å². The number of nitrogens with one attached hydrogen (secondary N) is 1. The van der Waals surface area contributed by atoms with Crippen LogP contribution in [0.4, 0.5) is 4.79 Å². The molecule has 1 aliphatic carbocycles. The molecule has 152 valence electrons. The van der Waals surface area contributed by atoms with Crippen LogP contribution in [-0.4, -0.2) is 64.7 Å². The number of carbonyl (C=O) groups is 2. The van der Waals surface area contributed by atoms with Crippen LogP contribution in [-0.2, 0) is 23.1 Å². The smallest absolute Gasteiger partial charge is 0.318 e. The Morgan fingerprint density at radius 1 is 1.33 bits per heavy atom. The van der Waals surface area contributed by atoms with Gasteiger partial charge in [-0.1, -0.05) is 0 Å². The van der Waals surface area contributed by atoms with Crippen LogP contribution in [0.2, 0.25) is 0 Å². The quantitative estimate of drug-likeness (QED) is 0.671. The Balaban J connectivity index is 2.04. The van der Waals surface area contributed by atoms with Crippen molar-refractivity contribution < 1.29 is 14.3 Å². The molecule has 1 heterocycles. The van der Waals surface area contributed by atoms with Crippen molar-refractivity contribution in [2.45, 2.75) is 58.2 Å². The first-order chi connectivity index (χ1) is 12.7. The summed E-state index contributed by atoms with van der Waals surface area (Å²) in [6.07, 6.45) is 4.75. The number of amides is 3. The van der Waals surface area contributed by atoms with E-state index in [4.69, 9.17) is 4.74 Å². The number of carbonyl (C=O) groups excluding carboxylic acids is 2. The molecule has 1 aromatic rings. The van der Waals surface area contributed by atoms with Gasteiger partial charge in [0.25, 0.3) is 0 Å². The van der Waals surface area contributed by atoms with E-state index in [1.165, 1.54) is 0 Å². The predicted octanol–water partition coefficient (Wildman–Crippen LogP) is 2.36. The summed E-state index contributed by atoms with van der Waals surface area (Å²) in [5, 5.41) is 2.96.